The summed E-state index contributed by atoms with van der Waals surface area (Å²) in [6.45, 7) is 4.77. The van der Waals surface area contributed by atoms with Crippen molar-refractivity contribution >= 4 is 12.0 Å². The standard InChI is InChI=1S/C15H28N2O3/c1-3-4-12(5-8-14(18)19)9-10-16-15(20)17-11(2)13-6-7-13/h11-13H,3-10H2,1-2H3,(H,18,19)(H2,16,17,20). The fourth-order valence-corrected chi connectivity index (χ4v) is 2.53. The highest BCUT2D eigenvalue weighted by atomic mass is 16.4. The third-order valence-electron chi connectivity index (χ3n) is 3.99. The van der Waals surface area contributed by atoms with Gasteiger partial charge in [-0.2, -0.15) is 0 Å². The lowest BCUT2D eigenvalue weighted by Crippen LogP contribution is -2.42. The molecule has 0 radical (unpaired) electrons. The zero-order valence-corrected chi connectivity index (χ0v) is 12.7. The summed E-state index contributed by atoms with van der Waals surface area (Å²) in [5.74, 6) is 0.302. The maximum Gasteiger partial charge on any atom is 0.315 e. The molecule has 0 heterocycles. The maximum absolute atomic E-state index is 11.7. The number of aliphatic carboxylic acids is 1. The van der Waals surface area contributed by atoms with Crippen molar-refractivity contribution in [1.82, 2.24) is 10.6 Å². The fourth-order valence-electron chi connectivity index (χ4n) is 2.53. The highest BCUT2D eigenvalue weighted by molar-refractivity contribution is 5.74. The van der Waals surface area contributed by atoms with E-state index in [9.17, 15) is 9.59 Å². The van der Waals surface area contributed by atoms with Crippen molar-refractivity contribution in [1.29, 1.82) is 0 Å². The van der Waals surface area contributed by atoms with Crippen molar-refractivity contribution in [2.45, 2.75) is 64.8 Å². The molecule has 1 aliphatic rings. The molecule has 0 saturated heterocycles. The molecule has 116 valence electrons. The predicted octanol–water partition coefficient (Wildman–Crippen LogP) is 2.76. The van der Waals surface area contributed by atoms with Crippen LogP contribution in [0.4, 0.5) is 4.79 Å². The molecule has 1 saturated carbocycles. The molecular weight excluding hydrogens is 256 g/mol. The number of rotatable bonds is 10. The van der Waals surface area contributed by atoms with Gasteiger partial charge < -0.3 is 15.7 Å². The van der Waals surface area contributed by atoms with Crippen LogP contribution >= 0.6 is 0 Å². The fraction of sp³-hybridized carbons (Fsp3) is 0.867. The molecule has 0 aromatic rings. The molecule has 0 aromatic heterocycles. The Hall–Kier alpha value is -1.26. The zero-order valence-electron chi connectivity index (χ0n) is 12.7. The van der Waals surface area contributed by atoms with Crippen LogP contribution in [-0.4, -0.2) is 29.7 Å². The van der Waals surface area contributed by atoms with Crippen molar-refractivity contribution in [3.8, 4) is 0 Å². The van der Waals surface area contributed by atoms with Gasteiger partial charge in [0.15, 0.2) is 0 Å². The highest BCUT2D eigenvalue weighted by Gasteiger charge is 2.28. The van der Waals surface area contributed by atoms with Crippen molar-refractivity contribution in [2.24, 2.45) is 11.8 Å². The third kappa shape index (κ3) is 7.36. The quantitative estimate of drug-likeness (QED) is 0.577. The Morgan fingerprint density at radius 2 is 1.95 bits per heavy atom. The molecule has 2 amide bonds. The predicted molar refractivity (Wildman–Crippen MR) is 78.6 cm³/mol. The Balaban J connectivity index is 2.14. The van der Waals surface area contributed by atoms with Gasteiger partial charge in [0.05, 0.1) is 0 Å². The average molecular weight is 284 g/mol. The Morgan fingerprint density at radius 1 is 1.25 bits per heavy atom. The van der Waals surface area contributed by atoms with Gasteiger partial charge in [-0.15, -0.1) is 0 Å². The number of carboxylic acids is 1. The van der Waals surface area contributed by atoms with Crippen molar-refractivity contribution < 1.29 is 14.7 Å². The van der Waals surface area contributed by atoms with Crippen molar-refractivity contribution in [2.75, 3.05) is 6.54 Å². The Kier molecular flexibility index (Phi) is 7.41. The summed E-state index contributed by atoms with van der Waals surface area (Å²) in [4.78, 5) is 22.3. The summed E-state index contributed by atoms with van der Waals surface area (Å²) < 4.78 is 0. The van der Waals surface area contributed by atoms with Gasteiger partial charge in [-0.1, -0.05) is 19.8 Å². The number of carbonyl (C=O) groups excluding carboxylic acids is 1. The normalized spacial score (nSPS) is 17.3. The van der Waals surface area contributed by atoms with E-state index < -0.39 is 5.97 Å². The van der Waals surface area contributed by atoms with E-state index in [1.165, 1.54) is 12.8 Å². The molecule has 0 spiro atoms. The number of hydrogen-bond acceptors (Lipinski definition) is 2. The summed E-state index contributed by atoms with van der Waals surface area (Å²) in [7, 11) is 0. The topological polar surface area (TPSA) is 78.4 Å². The molecule has 0 aromatic carbocycles. The van der Waals surface area contributed by atoms with Gasteiger partial charge in [-0.05, 0) is 44.4 Å². The molecule has 5 heteroatoms. The summed E-state index contributed by atoms with van der Waals surface area (Å²) in [5, 5.41) is 14.6. The monoisotopic (exact) mass is 284 g/mol. The van der Waals surface area contributed by atoms with Gasteiger partial charge in [-0.3, -0.25) is 4.79 Å². The van der Waals surface area contributed by atoms with E-state index in [0.717, 1.165) is 19.3 Å². The van der Waals surface area contributed by atoms with Gasteiger partial charge in [0.25, 0.3) is 0 Å². The lowest BCUT2D eigenvalue weighted by molar-refractivity contribution is -0.137. The van der Waals surface area contributed by atoms with Gasteiger partial charge in [0.2, 0.25) is 0 Å². The van der Waals surface area contributed by atoms with E-state index in [-0.39, 0.29) is 18.5 Å². The van der Waals surface area contributed by atoms with Gasteiger partial charge >= 0.3 is 12.0 Å². The molecule has 0 aliphatic heterocycles. The molecule has 1 rings (SSSR count). The summed E-state index contributed by atoms with van der Waals surface area (Å²) in [6.07, 6.45) is 6.28. The van der Waals surface area contributed by atoms with E-state index in [4.69, 9.17) is 5.11 Å². The van der Waals surface area contributed by atoms with E-state index in [0.29, 0.717) is 24.8 Å². The summed E-state index contributed by atoms with van der Waals surface area (Å²) in [6, 6.07) is 0.159. The van der Waals surface area contributed by atoms with Gasteiger partial charge in [0, 0.05) is 19.0 Å². The lowest BCUT2D eigenvalue weighted by atomic mass is 9.94. The number of nitrogens with one attached hydrogen (secondary N) is 2. The molecule has 1 aliphatic carbocycles. The minimum atomic E-state index is -0.741. The Labute approximate surface area is 121 Å². The third-order valence-corrected chi connectivity index (χ3v) is 3.99. The van der Waals surface area contributed by atoms with Crippen molar-refractivity contribution in [3.05, 3.63) is 0 Å². The molecule has 0 bridgehead atoms. The molecule has 3 N–H and O–H groups in total. The number of carbonyl (C=O) groups is 2. The number of amides is 2. The second-order valence-corrected chi connectivity index (χ2v) is 5.90. The van der Waals surface area contributed by atoms with Crippen LogP contribution in [0.25, 0.3) is 0 Å². The zero-order chi connectivity index (χ0) is 15.0. The van der Waals surface area contributed by atoms with E-state index in [1.54, 1.807) is 0 Å². The van der Waals surface area contributed by atoms with Crippen LogP contribution in [0.3, 0.4) is 0 Å². The second-order valence-electron chi connectivity index (χ2n) is 5.90. The van der Waals surface area contributed by atoms with E-state index >= 15 is 0 Å². The first-order valence-corrected chi connectivity index (χ1v) is 7.79. The molecule has 2 atom stereocenters. The molecule has 2 unspecified atom stereocenters. The van der Waals surface area contributed by atoms with E-state index in [2.05, 4.69) is 17.6 Å². The minimum absolute atomic E-state index is 0.0992. The average Bonchev–Trinajstić information content (AvgIpc) is 3.19. The first-order chi connectivity index (χ1) is 9.52. The first kappa shape index (κ1) is 16.8. The van der Waals surface area contributed by atoms with Crippen LogP contribution in [-0.2, 0) is 4.79 Å². The van der Waals surface area contributed by atoms with Crippen LogP contribution in [0.15, 0.2) is 0 Å². The lowest BCUT2D eigenvalue weighted by Gasteiger charge is -2.17. The molecule has 20 heavy (non-hydrogen) atoms. The maximum atomic E-state index is 11.7. The van der Waals surface area contributed by atoms with Crippen LogP contribution in [0.1, 0.15) is 58.8 Å². The molecular formula is C15H28N2O3. The summed E-state index contributed by atoms with van der Waals surface area (Å²) >= 11 is 0. The SMILES string of the molecule is CCCC(CCNC(=O)NC(C)C1CC1)CCC(=O)O. The molecule has 5 nitrogen and oxygen atoms in total. The highest BCUT2D eigenvalue weighted by Crippen LogP contribution is 2.32. The first-order valence-electron chi connectivity index (χ1n) is 7.79. The smallest absolute Gasteiger partial charge is 0.315 e. The Morgan fingerprint density at radius 3 is 2.50 bits per heavy atom. The van der Waals surface area contributed by atoms with Gasteiger partial charge in [0.1, 0.15) is 0 Å². The second kappa shape index (κ2) is 8.82. The minimum Gasteiger partial charge on any atom is -0.481 e. The number of carboxylic acid groups (broad SMARTS) is 1. The largest absolute Gasteiger partial charge is 0.481 e. The van der Waals surface area contributed by atoms with Crippen LogP contribution in [0, 0.1) is 11.8 Å². The molecule has 1 fully saturated rings. The van der Waals surface area contributed by atoms with Crippen LogP contribution in [0.5, 0.6) is 0 Å². The van der Waals surface area contributed by atoms with Crippen molar-refractivity contribution in [3.63, 3.8) is 0 Å². The number of urea groups is 1. The Bertz CT molecular complexity index is 316. The number of hydrogen-bond donors (Lipinski definition) is 3. The van der Waals surface area contributed by atoms with Gasteiger partial charge in [-0.25, -0.2) is 4.79 Å². The van der Waals surface area contributed by atoms with Crippen LogP contribution in [0.2, 0.25) is 0 Å². The summed E-state index contributed by atoms with van der Waals surface area (Å²) in [5.41, 5.74) is 0. The van der Waals surface area contributed by atoms with Crippen LogP contribution < -0.4 is 10.6 Å². The van der Waals surface area contributed by atoms with E-state index in [1.807, 2.05) is 6.92 Å².